The number of amides is 1. The van der Waals surface area contributed by atoms with E-state index in [4.69, 9.17) is 9.47 Å². The number of hydrogen-bond acceptors (Lipinski definition) is 4. The van der Waals surface area contributed by atoms with Crippen molar-refractivity contribution in [1.82, 2.24) is 4.90 Å². The Hall–Kier alpha value is -0.910. The minimum absolute atomic E-state index is 0.0497. The Morgan fingerprint density at radius 3 is 3.05 bits per heavy atom. The third-order valence-corrected chi connectivity index (χ3v) is 5.11. The normalized spacial score (nSPS) is 29.5. The average molecular weight is 295 g/mol. The van der Waals surface area contributed by atoms with Crippen molar-refractivity contribution in [3.8, 4) is 0 Å². The molecule has 0 aromatic carbocycles. The fourth-order valence-electron chi connectivity index (χ4n) is 3.22. The summed E-state index contributed by atoms with van der Waals surface area (Å²) in [7, 11) is 0. The van der Waals surface area contributed by atoms with E-state index in [1.54, 1.807) is 11.3 Å². The molecule has 2 aliphatic rings. The standard InChI is InChI=1S/C15H21NO3S/c1-3-18-12-6-8-16(11-7-9-19-14(11)12)15(17)13-5-4-10(2)20-13/h4-5,11-12,14H,3,6-9H2,1-2H3/t11-,12+,14-/m0/s1. The molecule has 2 saturated heterocycles. The SMILES string of the molecule is CCO[C@@H]1CCN(C(=O)c2ccc(C)s2)[C@H]2CCO[C@H]12. The minimum Gasteiger partial charge on any atom is -0.376 e. The van der Waals surface area contributed by atoms with Gasteiger partial charge in [-0.1, -0.05) is 0 Å². The molecule has 0 radical (unpaired) electrons. The summed E-state index contributed by atoms with van der Waals surface area (Å²) in [5.41, 5.74) is 0. The van der Waals surface area contributed by atoms with Gasteiger partial charge in [-0.25, -0.2) is 0 Å². The highest BCUT2D eigenvalue weighted by Crippen LogP contribution is 2.32. The lowest BCUT2D eigenvalue weighted by Gasteiger charge is -2.40. The summed E-state index contributed by atoms with van der Waals surface area (Å²) in [5, 5.41) is 0. The Morgan fingerprint density at radius 1 is 1.50 bits per heavy atom. The maximum Gasteiger partial charge on any atom is 0.264 e. The summed E-state index contributed by atoms with van der Waals surface area (Å²) in [6, 6.07) is 4.12. The lowest BCUT2D eigenvalue weighted by Crippen LogP contribution is -2.55. The van der Waals surface area contributed by atoms with Crippen LogP contribution in [-0.2, 0) is 9.47 Å². The molecular weight excluding hydrogens is 274 g/mol. The molecule has 2 fully saturated rings. The van der Waals surface area contributed by atoms with Crippen LogP contribution in [-0.4, -0.2) is 48.8 Å². The zero-order chi connectivity index (χ0) is 14.1. The second kappa shape index (κ2) is 5.84. The molecule has 20 heavy (non-hydrogen) atoms. The third-order valence-electron chi connectivity index (χ3n) is 4.12. The molecule has 1 amide bonds. The number of likely N-dealkylation sites (tertiary alicyclic amines) is 1. The Labute approximate surface area is 123 Å². The van der Waals surface area contributed by atoms with Crippen molar-refractivity contribution < 1.29 is 14.3 Å². The summed E-state index contributed by atoms with van der Waals surface area (Å²) in [5.74, 6) is 0.151. The van der Waals surface area contributed by atoms with E-state index in [-0.39, 0.29) is 24.2 Å². The molecule has 2 aliphatic heterocycles. The highest BCUT2D eigenvalue weighted by atomic mass is 32.1. The zero-order valence-corrected chi connectivity index (χ0v) is 12.8. The quantitative estimate of drug-likeness (QED) is 0.860. The van der Waals surface area contributed by atoms with Gasteiger partial charge in [-0.05, 0) is 38.8 Å². The lowest BCUT2D eigenvalue weighted by atomic mass is 9.95. The maximum absolute atomic E-state index is 12.7. The molecule has 1 aromatic heterocycles. The maximum atomic E-state index is 12.7. The van der Waals surface area contributed by atoms with Crippen molar-refractivity contribution in [2.75, 3.05) is 19.8 Å². The molecule has 3 atom stereocenters. The van der Waals surface area contributed by atoms with E-state index in [1.165, 1.54) is 4.88 Å². The van der Waals surface area contributed by atoms with Crippen LogP contribution in [0.15, 0.2) is 12.1 Å². The van der Waals surface area contributed by atoms with Crippen molar-refractivity contribution in [1.29, 1.82) is 0 Å². The molecule has 0 bridgehead atoms. The second-order valence-electron chi connectivity index (χ2n) is 5.38. The number of rotatable bonds is 3. The van der Waals surface area contributed by atoms with Crippen molar-refractivity contribution >= 4 is 17.2 Å². The number of piperidine rings is 1. The summed E-state index contributed by atoms with van der Waals surface area (Å²) < 4.78 is 11.6. The summed E-state index contributed by atoms with van der Waals surface area (Å²) >= 11 is 1.57. The average Bonchev–Trinajstić information content (AvgIpc) is 3.07. The molecule has 0 aliphatic carbocycles. The van der Waals surface area contributed by atoms with Crippen LogP contribution in [0.1, 0.15) is 34.3 Å². The molecule has 4 nitrogen and oxygen atoms in total. The first-order chi connectivity index (χ1) is 9.70. The monoisotopic (exact) mass is 295 g/mol. The third kappa shape index (κ3) is 2.50. The van der Waals surface area contributed by atoms with Crippen LogP contribution >= 0.6 is 11.3 Å². The van der Waals surface area contributed by atoms with Gasteiger partial charge in [0.2, 0.25) is 0 Å². The van der Waals surface area contributed by atoms with Crippen LogP contribution in [0.25, 0.3) is 0 Å². The van der Waals surface area contributed by atoms with Crippen LogP contribution in [0.5, 0.6) is 0 Å². The predicted molar refractivity (Wildman–Crippen MR) is 78.3 cm³/mol. The first-order valence-electron chi connectivity index (χ1n) is 7.31. The van der Waals surface area contributed by atoms with Crippen molar-refractivity contribution in [2.24, 2.45) is 0 Å². The number of aryl methyl sites for hydroxylation is 1. The number of nitrogens with zero attached hydrogens (tertiary/aromatic N) is 1. The van der Waals surface area contributed by atoms with Crippen LogP contribution in [0, 0.1) is 6.92 Å². The Kier molecular flexibility index (Phi) is 4.10. The summed E-state index contributed by atoms with van der Waals surface area (Å²) in [6.45, 7) is 6.24. The molecule has 3 heterocycles. The molecule has 0 N–H and O–H groups in total. The number of hydrogen-bond donors (Lipinski definition) is 0. The molecule has 0 saturated carbocycles. The van der Waals surface area contributed by atoms with Gasteiger partial charge in [0.1, 0.15) is 6.10 Å². The topological polar surface area (TPSA) is 38.8 Å². The molecule has 0 spiro atoms. The van der Waals surface area contributed by atoms with Gasteiger partial charge >= 0.3 is 0 Å². The summed E-state index contributed by atoms with van der Waals surface area (Å²) in [4.78, 5) is 16.7. The summed E-state index contributed by atoms with van der Waals surface area (Å²) in [6.07, 6.45) is 1.98. The van der Waals surface area contributed by atoms with Crippen molar-refractivity contribution in [3.05, 3.63) is 21.9 Å². The molecule has 110 valence electrons. The van der Waals surface area contributed by atoms with E-state index in [9.17, 15) is 4.79 Å². The van der Waals surface area contributed by atoms with Crippen molar-refractivity contribution in [3.63, 3.8) is 0 Å². The number of thiophene rings is 1. The van der Waals surface area contributed by atoms with E-state index in [1.807, 2.05) is 30.9 Å². The first-order valence-corrected chi connectivity index (χ1v) is 8.13. The van der Waals surface area contributed by atoms with Gasteiger partial charge in [-0.15, -0.1) is 11.3 Å². The molecule has 3 rings (SSSR count). The van der Waals surface area contributed by atoms with Crippen LogP contribution in [0.3, 0.4) is 0 Å². The van der Waals surface area contributed by atoms with Crippen LogP contribution in [0.2, 0.25) is 0 Å². The van der Waals surface area contributed by atoms with Crippen LogP contribution < -0.4 is 0 Å². The van der Waals surface area contributed by atoms with Gasteiger partial charge in [-0.3, -0.25) is 4.79 Å². The van der Waals surface area contributed by atoms with E-state index in [2.05, 4.69) is 0 Å². The smallest absolute Gasteiger partial charge is 0.264 e. The van der Waals surface area contributed by atoms with Crippen LogP contribution in [0.4, 0.5) is 0 Å². The van der Waals surface area contributed by atoms with Gasteiger partial charge < -0.3 is 14.4 Å². The van der Waals surface area contributed by atoms with Gasteiger partial charge in [0, 0.05) is 24.6 Å². The van der Waals surface area contributed by atoms with Gasteiger partial charge in [-0.2, -0.15) is 0 Å². The largest absolute Gasteiger partial charge is 0.376 e. The Bertz CT molecular complexity index is 487. The fourth-order valence-corrected chi connectivity index (χ4v) is 4.04. The fraction of sp³-hybridized carbons (Fsp3) is 0.667. The second-order valence-corrected chi connectivity index (χ2v) is 6.67. The van der Waals surface area contributed by atoms with Gasteiger partial charge in [0.05, 0.1) is 17.0 Å². The van der Waals surface area contributed by atoms with E-state index >= 15 is 0 Å². The number of fused-ring (bicyclic) bond motifs is 1. The Morgan fingerprint density at radius 2 is 2.35 bits per heavy atom. The number of carbonyl (C=O) groups is 1. The number of ether oxygens (including phenoxy) is 2. The van der Waals surface area contributed by atoms with E-state index < -0.39 is 0 Å². The lowest BCUT2D eigenvalue weighted by molar-refractivity contribution is -0.0882. The highest BCUT2D eigenvalue weighted by molar-refractivity contribution is 7.13. The molecular formula is C15H21NO3S. The zero-order valence-electron chi connectivity index (χ0n) is 12.0. The van der Waals surface area contributed by atoms with E-state index in [0.29, 0.717) is 6.61 Å². The first kappa shape index (κ1) is 14.0. The minimum atomic E-state index is 0.0497. The highest BCUT2D eigenvalue weighted by Gasteiger charge is 2.44. The number of carbonyl (C=O) groups excluding carboxylic acids is 1. The van der Waals surface area contributed by atoms with Crippen molar-refractivity contribution in [2.45, 2.75) is 44.9 Å². The molecule has 0 unspecified atom stereocenters. The Balaban J connectivity index is 1.76. The predicted octanol–water partition coefficient (Wildman–Crippen LogP) is 2.47. The van der Waals surface area contributed by atoms with E-state index in [0.717, 1.165) is 30.9 Å². The van der Waals surface area contributed by atoms with Gasteiger partial charge in [0.15, 0.2) is 0 Å². The molecule has 1 aromatic rings. The van der Waals surface area contributed by atoms with Gasteiger partial charge in [0.25, 0.3) is 5.91 Å². The molecule has 5 heteroatoms.